The summed E-state index contributed by atoms with van der Waals surface area (Å²) in [5.74, 6) is -1.29. The molecule has 25 heavy (non-hydrogen) atoms. The van der Waals surface area contributed by atoms with Crippen LogP contribution in [0.1, 0.15) is 29.8 Å². The number of amides is 2. The fourth-order valence-corrected chi connectivity index (χ4v) is 4.90. The summed E-state index contributed by atoms with van der Waals surface area (Å²) < 4.78 is 5.14. The third-order valence-electron chi connectivity index (χ3n) is 6.10. The zero-order chi connectivity index (χ0) is 17.6. The number of fused-ring (bicyclic) bond motifs is 2. The van der Waals surface area contributed by atoms with Crippen molar-refractivity contribution in [3.05, 3.63) is 24.2 Å². The average Bonchev–Trinajstić information content (AvgIpc) is 3.36. The number of carboxylic acid groups (broad SMARTS) is 1. The molecule has 3 aliphatic rings. The Labute approximate surface area is 145 Å². The molecule has 1 aromatic rings. The van der Waals surface area contributed by atoms with Crippen molar-refractivity contribution in [1.82, 2.24) is 9.80 Å². The summed E-state index contributed by atoms with van der Waals surface area (Å²) in [5, 5.41) is 9.54. The van der Waals surface area contributed by atoms with Crippen LogP contribution in [0, 0.1) is 23.7 Å². The van der Waals surface area contributed by atoms with Gasteiger partial charge in [0.1, 0.15) is 0 Å². The Morgan fingerprint density at radius 3 is 2.24 bits per heavy atom. The van der Waals surface area contributed by atoms with Gasteiger partial charge >= 0.3 is 5.97 Å². The SMILES string of the molecule is O=C(O)[C@H]1[C@@H]2CC[C@H](C2)[C@@H]1C(=O)N1CCN(C(=O)c2ccco2)CC1. The van der Waals surface area contributed by atoms with E-state index in [1.165, 1.54) is 6.26 Å². The second kappa shape index (κ2) is 6.20. The molecule has 2 amide bonds. The van der Waals surface area contributed by atoms with Gasteiger partial charge in [-0.2, -0.15) is 0 Å². The van der Waals surface area contributed by atoms with Crippen molar-refractivity contribution in [2.24, 2.45) is 23.7 Å². The summed E-state index contributed by atoms with van der Waals surface area (Å²) in [7, 11) is 0. The average molecular weight is 346 g/mol. The van der Waals surface area contributed by atoms with Crippen molar-refractivity contribution in [3.63, 3.8) is 0 Å². The topological polar surface area (TPSA) is 91.1 Å². The molecule has 1 aromatic heterocycles. The predicted octanol–water partition coefficient (Wildman–Crippen LogP) is 1.31. The van der Waals surface area contributed by atoms with Crippen LogP contribution >= 0.6 is 0 Å². The Balaban J connectivity index is 1.40. The fraction of sp³-hybridized carbons (Fsp3) is 0.611. The second-order valence-corrected chi connectivity index (χ2v) is 7.32. The zero-order valence-corrected chi connectivity index (χ0v) is 14.0. The highest BCUT2D eigenvalue weighted by Gasteiger charge is 2.54. The van der Waals surface area contributed by atoms with Crippen LogP contribution in [-0.2, 0) is 9.59 Å². The van der Waals surface area contributed by atoms with E-state index < -0.39 is 11.9 Å². The van der Waals surface area contributed by atoms with Gasteiger partial charge in [0.15, 0.2) is 5.76 Å². The molecule has 2 heterocycles. The van der Waals surface area contributed by atoms with Gasteiger partial charge in [-0.15, -0.1) is 0 Å². The molecular formula is C18H22N2O5. The molecule has 1 N–H and O–H groups in total. The Kier molecular flexibility index (Phi) is 4.01. The maximum atomic E-state index is 13.0. The van der Waals surface area contributed by atoms with Crippen molar-refractivity contribution in [2.45, 2.75) is 19.3 Å². The lowest BCUT2D eigenvalue weighted by atomic mass is 9.78. The highest BCUT2D eigenvalue weighted by atomic mass is 16.4. The number of hydrogen-bond acceptors (Lipinski definition) is 4. The standard InChI is InChI=1S/C18H22N2O5/c21-16(13-2-1-9-25-13)19-5-7-20(8-6-19)17(22)14-11-3-4-12(10-11)15(14)18(23)24/h1-2,9,11-12,14-15H,3-8,10H2,(H,23,24)/t11-,12-,14+,15+/m1/s1. The van der Waals surface area contributed by atoms with E-state index in [9.17, 15) is 19.5 Å². The third kappa shape index (κ3) is 2.71. The lowest BCUT2D eigenvalue weighted by Gasteiger charge is -2.38. The number of nitrogens with zero attached hydrogens (tertiary/aromatic N) is 2. The molecule has 0 aromatic carbocycles. The molecule has 0 radical (unpaired) electrons. The molecule has 1 saturated heterocycles. The highest BCUT2D eigenvalue weighted by molar-refractivity contribution is 5.92. The lowest BCUT2D eigenvalue weighted by Crippen LogP contribution is -2.53. The molecule has 1 aliphatic heterocycles. The summed E-state index contributed by atoms with van der Waals surface area (Å²) in [6.45, 7) is 1.80. The van der Waals surface area contributed by atoms with Crippen molar-refractivity contribution in [2.75, 3.05) is 26.2 Å². The molecular weight excluding hydrogens is 324 g/mol. The molecule has 0 unspecified atom stereocenters. The van der Waals surface area contributed by atoms with Crippen LogP contribution in [0.25, 0.3) is 0 Å². The van der Waals surface area contributed by atoms with Crippen LogP contribution in [0.15, 0.2) is 22.8 Å². The largest absolute Gasteiger partial charge is 0.481 e. The monoisotopic (exact) mass is 346 g/mol. The summed E-state index contributed by atoms with van der Waals surface area (Å²) in [5.41, 5.74) is 0. The third-order valence-corrected chi connectivity index (χ3v) is 6.10. The van der Waals surface area contributed by atoms with E-state index in [4.69, 9.17) is 4.42 Å². The minimum absolute atomic E-state index is 0.0373. The van der Waals surface area contributed by atoms with Crippen LogP contribution < -0.4 is 0 Å². The molecule has 2 aliphatic carbocycles. The highest BCUT2D eigenvalue weighted by Crippen LogP contribution is 2.53. The smallest absolute Gasteiger partial charge is 0.307 e. The van der Waals surface area contributed by atoms with Gasteiger partial charge in [-0.1, -0.05) is 0 Å². The molecule has 2 bridgehead atoms. The molecule has 4 atom stereocenters. The number of carbonyl (C=O) groups is 3. The van der Waals surface area contributed by atoms with E-state index in [1.54, 1.807) is 21.9 Å². The Morgan fingerprint density at radius 2 is 1.64 bits per heavy atom. The van der Waals surface area contributed by atoms with Gasteiger partial charge in [-0.25, -0.2) is 0 Å². The Bertz CT molecular complexity index is 678. The van der Waals surface area contributed by atoms with E-state index in [0.717, 1.165) is 19.3 Å². The van der Waals surface area contributed by atoms with Crippen LogP contribution in [0.3, 0.4) is 0 Å². The number of hydrogen-bond donors (Lipinski definition) is 1. The van der Waals surface area contributed by atoms with E-state index >= 15 is 0 Å². The van der Waals surface area contributed by atoms with E-state index in [2.05, 4.69) is 0 Å². The summed E-state index contributed by atoms with van der Waals surface area (Å²) >= 11 is 0. The summed E-state index contributed by atoms with van der Waals surface area (Å²) in [6, 6.07) is 3.31. The van der Waals surface area contributed by atoms with Crippen molar-refractivity contribution >= 4 is 17.8 Å². The van der Waals surface area contributed by atoms with Crippen molar-refractivity contribution in [1.29, 1.82) is 0 Å². The quantitative estimate of drug-likeness (QED) is 0.891. The molecule has 4 rings (SSSR count). The van der Waals surface area contributed by atoms with Crippen LogP contribution in [-0.4, -0.2) is 58.9 Å². The molecule has 7 nitrogen and oxygen atoms in total. The van der Waals surface area contributed by atoms with E-state index in [0.29, 0.717) is 31.9 Å². The first-order valence-corrected chi connectivity index (χ1v) is 8.90. The first-order chi connectivity index (χ1) is 12.1. The zero-order valence-electron chi connectivity index (χ0n) is 14.0. The van der Waals surface area contributed by atoms with Crippen LogP contribution in [0.4, 0.5) is 0 Å². The minimum Gasteiger partial charge on any atom is -0.481 e. The normalized spacial score (nSPS) is 31.4. The van der Waals surface area contributed by atoms with Gasteiger partial charge in [0.05, 0.1) is 18.1 Å². The lowest BCUT2D eigenvalue weighted by molar-refractivity contribution is -0.153. The molecule has 2 saturated carbocycles. The fourth-order valence-electron chi connectivity index (χ4n) is 4.90. The first kappa shape index (κ1) is 16.2. The predicted molar refractivity (Wildman–Crippen MR) is 86.6 cm³/mol. The van der Waals surface area contributed by atoms with Crippen molar-refractivity contribution < 1.29 is 23.9 Å². The molecule has 7 heteroatoms. The number of carbonyl (C=O) groups excluding carboxylic acids is 2. The van der Waals surface area contributed by atoms with Crippen LogP contribution in [0.2, 0.25) is 0 Å². The maximum absolute atomic E-state index is 13.0. The molecule has 0 spiro atoms. The number of piperazine rings is 1. The number of rotatable bonds is 3. The maximum Gasteiger partial charge on any atom is 0.307 e. The van der Waals surface area contributed by atoms with Gasteiger partial charge in [0.25, 0.3) is 5.91 Å². The minimum atomic E-state index is -0.836. The van der Waals surface area contributed by atoms with Gasteiger partial charge in [0, 0.05) is 26.2 Å². The van der Waals surface area contributed by atoms with Crippen LogP contribution in [0.5, 0.6) is 0 Å². The van der Waals surface area contributed by atoms with Gasteiger partial charge in [0.2, 0.25) is 5.91 Å². The summed E-state index contributed by atoms with van der Waals surface area (Å²) in [6.07, 6.45) is 4.22. The second-order valence-electron chi connectivity index (χ2n) is 7.32. The number of aliphatic carboxylic acids is 1. The summed E-state index contributed by atoms with van der Waals surface area (Å²) in [4.78, 5) is 40.3. The van der Waals surface area contributed by atoms with Gasteiger partial charge in [-0.05, 0) is 43.2 Å². The molecule has 3 fully saturated rings. The number of furan rings is 1. The van der Waals surface area contributed by atoms with Gasteiger partial charge < -0.3 is 19.3 Å². The molecule has 134 valence electrons. The van der Waals surface area contributed by atoms with E-state index in [-0.39, 0.29) is 29.6 Å². The Hall–Kier alpha value is -2.31. The van der Waals surface area contributed by atoms with Gasteiger partial charge in [-0.3, -0.25) is 14.4 Å². The first-order valence-electron chi connectivity index (χ1n) is 8.90. The van der Waals surface area contributed by atoms with E-state index in [1.807, 2.05) is 0 Å². The number of carboxylic acids is 1. The Morgan fingerprint density at radius 1 is 1.00 bits per heavy atom. The van der Waals surface area contributed by atoms with Crippen molar-refractivity contribution in [3.8, 4) is 0 Å².